The number of morpholine rings is 1. The molecular weight excluding hydrogens is 152 g/mol. The normalized spacial score (nSPS) is 21.2. The van der Waals surface area contributed by atoms with Gasteiger partial charge in [-0.25, -0.2) is 0 Å². The third-order valence-corrected chi connectivity index (χ3v) is 2.19. The second-order valence-corrected chi connectivity index (χ2v) is 4.47. The summed E-state index contributed by atoms with van der Waals surface area (Å²) in [7, 11) is 6.71. The molecule has 1 aliphatic rings. The van der Waals surface area contributed by atoms with Crippen molar-refractivity contribution in [1.82, 2.24) is 4.90 Å². The number of hydrogen-bond acceptors (Lipinski definition) is 2. The van der Waals surface area contributed by atoms with Crippen molar-refractivity contribution in [3.05, 3.63) is 0 Å². The first kappa shape index (κ1) is 9.96. The quantitative estimate of drug-likeness (QED) is 0.558. The minimum Gasteiger partial charge on any atom is -0.379 e. The average molecular weight is 173 g/mol. The number of rotatable bonds is 3. The van der Waals surface area contributed by atoms with Gasteiger partial charge < -0.3 is 9.22 Å². The fraction of sp³-hybridized carbons (Fsp3) is 1.00. The molecule has 0 aromatic rings. The summed E-state index contributed by atoms with van der Waals surface area (Å²) in [4.78, 5) is 2.48. The molecule has 3 heteroatoms. The van der Waals surface area contributed by atoms with Crippen molar-refractivity contribution < 1.29 is 9.22 Å². The summed E-state index contributed by atoms with van der Waals surface area (Å²) in [5.41, 5.74) is 0. The van der Waals surface area contributed by atoms with Gasteiger partial charge in [0.05, 0.1) is 40.9 Å². The van der Waals surface area contributed by atoms with Crippen molar-refractivity contribution in [3.63, 3.8) is 0 Å². The summed E-state index contributed by atoms with van der Waals surface area (Å²) < 4.78 is 6.34. The lowest BCUT2D eigenvalue weighted by Crippen LogP contribution is -2.45. The summed E-state index contributed by atoms with van der Waals surface area (Å²) >= 11 is 0. The topological polar surface area (TPSA) is 12.5 Å². The van der Waals surface area contributed by atoms with Gasteiger partial charge in [-0.3, -0.25) is 4.90 Å². The van der Waals surface area contributed by atoms with Gasteiger partial charge in [0.1, 0.15) is 0 Å². The van der Waals surface area contributed by atoms with E-state index in [0.29, 0.717) is 0 Å². The molecule has 0 spiro atoms. The second-order valence-electron chi connectivity index (χ2n) is 4.47. The Kier molecular flexibility index (Phi) is 3.50. The molecule has 1 aliphatic heterocycles. The molecule has 0 aromatic carbocycles. The highest BCUT2D eigenvalue weighted by molar-refractivity contribution is 4.60. The maximum absolute atomic E-state index is 5.28. The van der Waals surface area contributed by atoms with Crippen LogP contribution in [-0.4, -0.2) is 69.9 Å². The van der Waals surface area contributed by atoms with Gasteiger partial charge >= 0.3 is 0 Å². The van der Waals surface area contributed by atoms with Gasteiger partial charge in [-0.1, -0.05) is 0 Å². The smallest absolute Gasteiger partial charge is 0.0909 e. The van der Waals surface area contributed by atoms with E-state index >= 15 is 0 Å². The van der Waals surface area contributed by atoms with E-state index in [0.717, 1.165) is 30.8 Å². The standard InChI is InChI=1S/C9H21N2O/c1-11(2,3)7-4-10-5-8-12-9-6-10/h4-9H2,1-3H3/q+1. The van der Waals surface area contributed by atoms with Gasteiger partial charge in [0.25, 0.3) is 0 Å². The molecule has 0 bridgehead atoms. The van der Waals surface area contributed by atoms with Gasteiger partial charge in [0, 0.05) is 19.6 Å². The largest absolute Gasteiger partial charge is 0.379 e. The Morgan fingerprint density at radius 3 is 2.25 bits per heavy atom. The zero-order valence-electron chi connectivity index (χ0n) is 8.55. The van der Waals surface area contributed by atoms with Crippen LogP contribution in [0.5, 0.6) is 0 Å². The van der Waals surface area contributed by atoms with Crippen LogP contribution in [0.15, 0.2) is 0 Å². The van der Waals surface area contributed by atoms with Crippen molar-refractivity contribution in [2.24, 2.45) is 0 Å². The maximum atomic E-state index is 5.28. The van der Waals surface area contributed by atoms with Crippen LogP contribution in [0.25, 0.3) is 0 Å². The van der Waals surface area contributed by atoms with Crippen molar-refractivity contribution in [2.45, 2.75) is 0 Å². The van der Waals surface area contributed by atoms with Crippen molar-refractivity contribution >= 4 is 0 Å². The number of quaternary nitrogens is 1. The van der Waals surface area contributed by atoms with Gasteiger partial charge in [-0.2, -0.15) is 0 Å². The molecule has 0 aromatic heterocycles. The molecule has 1 fully saturated rings. The van der Waals surface area contributed by atoms with Crippen molar-refractivity contribution in [2.75, 3.05) is 60.5 Å². The molecule has 1 rings (SSSR count). The highest BCUT2D eigenvalue weighted by atomic mass is 16.5. The van der Waals surface area contributed by atoms with Crippen LogP contribution in [-0.2, 0) is 4.74 Å². The summed E-state index contributed by atoms with van der Waals surface area (Å²) in [5, 5.41) is 0. The lowest BCUT2D eigenvalue weighted by molar-refractivity contribution is -0.869. The van der Waals surface area contributed by atoms with E-state index in [9.17, 15) is 0 Å². The van der Waals surface area contributed by atoms with E-state index in [2.05, 4.69) is 26.0 Å². The monoisotopic (exact) mass is 173 g/mol. The zero-order valence-corrected chi connectivity index (χ0v) is 8.55. The average Bonchev–Trinajstić information content (AvgIpc) is 2.02. The minimum atomic E-state index is 0.914. The van der Waals surface area contributed by atoms with Crippen LogP contribution in [0.3, 0.4) is 0 Å². The number of hydrogen-bond donors (Lipinski definition) is 0. The van der Waals surface area contributed by atoms with Crippen LogP contribution >= 0.6 is 0 Å². The van der Waals surface area contributed by atoms with E-state index in [-0.39, 0.29) is 0 Å². The van der Waals surface area contributed by atoms with Gasteiger partial charge in [-0.15, -0.1) is 0 Å². The molecular formula is C9H21N2O+. The first-order chi connectivity index (χ1) is 5.58. The fourth-order valence-electron chi connectivity index (χ4n) is 1.27. The fourth-order valence-corrected chi connectivity index (χ4v) is 1.27. The van der Waals surface area contributed by atoms with Crippen LogP contribution in [0.2, 0.25) is 0 Å². The number of likely N-dealkylation sites (N-methyl/N-ethyl adjacent to an activating group) is 1. The SMILES string of the molecule is C[N+](C)(C)CCN1CCOCC1. The van der Waals surface area contributed by atoms with E-state index in [4.69, 9.17) is 4.74 Å². The third kappa shape index (κ3) is 4.04. The Morgan fingerprint density at radius 1 is 1.17 bits per heavy atom. The maximum Gasteiger partial charge on any atom is 0.0909 e. The molecule has 1 heterocycles. The van der Waals surface area contributed by atoms with E-state index < -0.39 is 0 Å². The molecule has 12 heavy (non-hydrogen) atoms. The molecule has 0 aliphatic carbocycles. The lowest BCUT2D eigenvalue weighted by atomic mass is 10.4. The van der Waals surface area contributed by atoms with Crippen molar-refractivity contribution in [1.29, 1.82) is 0 Å². The molecule has 0 saturated carbocycles. The molecule has 72 valence electrons. The van der Waals surface area contributed by atoms with E-state index in [1.54, 1.807) is 0 Å². The van der Waals surface area contributed by atoms with Crippen LogP contribution < -0.4 is 0 Å². The summed E-state index contributed by atoms with van der Waals surface area (Å²) in [5.74, 6) is 0. The lowest BCUT2D eigenvalue weighted by Gasteiger charge is -2.30. The van der Waals surface area contributed by atoms with Crippen molar-refractivity contribution in [3.8, 4) is 0 Å². The Balaban J connectivity index is 2.13. The highest BCUT2D eigenvalue weighted by Crippen LogP contribution is 1.98. The molecule has 0 radical (unpaired) electrons. The number of nitrogens with zero attached hydrogens (tertiary/aromatic N) is 2. The molecule has 3 nitrogen and oxygen atoms in total. The van der Waals surface area contributed by atoms with Gasteiger partial charge in [0.2, 0.25) is 0 Å². The first-order valence-corrected chi connectivity index (χ1v) is 4.68. The summed E-state index contributed by atoms with van der Waals surface area (Å²) in [6, 6.07) is 0. The van der Waals surface area contributed by atoms with Crippen LogP contribution in [0, 0.1) is 0 Å². The molecule has 0 N–H and O–H groups in total. The van der Waals surface area contributed by atoms with Gasteiger partial charge in [0.15, 0.2) is 0 Å². The second kappa shape index (κ2) is 4.21. The first-order valence-electron chi connectivity index (χ1n) is 4.68. The molecule has 0 atom stereocenters. The highest BCUT2D eigenvalue weighted by Gasteiger charge is 2.13. The minimum absolute atomic E-state index is 0.914. The molecule has 0 unspecified atom stereocenters. The Labute approximate surface area is 75.5 Å². The van der Waals surface area contributed by atoms with Crippen LogP contribution in [0.1, 0.15) is 0 Å². The number of ether oxygens (including phenoxy) is 1. The third-order valence-electron chi connectivity index (χ3n) is 2.19. The van der Waals surface area contributed by atoms with Gasteiger partial charge in [-0.05, 0) is 0 Å². The van der Waals surface area contributed by atoms with E-state index in [1.807, 2.05) is 0 Å². The Hall–Kier alpha value is -0.120. The predicted octanol–water partition coefficient (Wildman–Crippen LogP) is 0.0248. The Bertz CT molecular complexity index is 125. The molecule has 0 amide bonds. The van der Waals surface area contributed by atoms with E-state index in [1.165, 1.54) is 13.1 Å². The molecule has 1 saturated heterocycles. The zero-order chi connectivity index (χ0) is 9.03. The summed E-state index contributed by atoms with van der Waals surface area (Å²) in [6.45, 7) is 6.47. The predicted molar refractivity (Wildman–Crippen MR) is 50.2 cm³/mol. The van der Waals surface area contributed by atoms with Crippen LogP contribution in [0.4, 0.5) is 0 Å². The summed E-state index contributed by atoms with van der Waals surface area (Å²) in [6.07, 6.45) is 0. The Morgan fingerprint density at radius 2 is 1.75 bits per heavy atom.